The van der Waals surface area contributed by atoms with Gasteiger partial charge in [0, 0.05) is 5.69 Å². The van der Waals surface area contributed by atoms with Crippen molar-refractivity contribution in [2.45, 2.75) is 44.6 Å². The minimum atomic E-state index is -0.563. The Balaban J connectivity index is 2.19. The summed E-state index contributed by atoms with van der Waals surface area (Å²) in [4.78, 5) is 11.9. The highest BCUT2D eigenvalue weighted by Crippen LogP contribution is 2.32. The van der Waals surface area contributed by atoms with Crippen LogP contribution in [0.1, 0.15) is 39.0 Å². The van der Waals surface area contributed by atoms with E-state index in [-0.39, 0.29) is 5.91 Å². The molecule has 1 amide bonds. The van der Waals surface area contributed by atoms with E-state index in [9.17, 15) is 4.79 Å². The largest absolute Gasteiger partial charge is 0.371 e. The third kappa shape index (κ3) is 2.84. The van der Waals surface area contributed by atoms with Crippen LogP contribution in [-0.4, -0.2) is 11.4 Å². The van der Waals surface area contributed by atoms with E-state index in [4.69, 9.17) is 5.73 Å². The molecule has 98 valence electrons. The lowest BCUT2D eigenvalue weighted by Crippen LogP contribution is -2.50. The summed E-state index contributed by atoms with van der Waals surface area (Å²) in [7, 11) is 0. The van der Waals surface area contributed by atoms with Gasteiger partial charge in [0.05, 0.1) is 0 Å². The van der Waals surface area contributed by atoms with Crippen molar-refractivity contribution in [3.05, 3.63) is 30.3 Å². The van der Waals surface area contributed by atoms with Crippen molar-refractivity contribution in [3.63, 3.8) is 0 Å². The molecule has 18 heavy (non-hydrogen) atoms. The van der Waals surface area contributed by atoms with Crippen molar-refractivity contribution < 1.29 is 4.79 Å². The molecule has 3 heteroatoms. The van der Waals surface area contributed by atoms with E-state index in [1.54, 1.807) is 0 Å². The fourth-order valence-electron chi connectivity index (χ4n) is 2.75. The maximum atomic E-state index is 11.9. The Morgan fingerprint density at radius 2 is 2.00 bits per heavy atom. The lowest BCUT2D eigenvalue weighted by atomic mass is 9.88. The highest BCUT2D eigenvalue weighted by atomic mass is 16.1. The molecule has 1 aliphatic rings. The first-order chi connectivity index (χ1) is 8.62. The van der Waals surface area contributed by atoms with Crippen LogP contribution in [0.4, 0.5) is 5.69 Å². The van der Waals surface area contributed by atoms with Crippen LogP contribution >= 0.6 is 0 Å². The zero-order valence-electron chi connectivity index (χ0n) is 11.0. The molecule has 1 aliphatic carbocycles. The van der Waals surface area contributed by atoms with Gasteiger partial charge in [-0.05, 0) is 37.3 Å². The Morgan fingerprint density at radius 3 is 2.67 bits per heavy atom. The van der Waals surface area contributed by atoms with Crippen LogP contribution in [0.5, 0.6) is 0 Å². The highest BCUT2D eigenvalue weighted by Gasteiger charge is 2.37. The number of amides is 1. The molecule has 0 saturated heterocycles. The second-order valence-corrected chi connectivity index (χ2v) is 5.47. The lowest BCUT2D eigenvalue weighted by molar-refractivity contribution is -0.122. The average Bonchev–Trinajstić information content (AvgIpc) is 2.54. The predicted octanol–water partition coefficient (Wildman–Crippen LogP) is 2.92. The third-order valence-electron chi connectivity index (χ3n) is 3.99. The van der Waals surface area contributed by atoms with Crippen molar-refractivity contribution in [2.24, 2.45) is 11.7 Å². The number of carbonyl (C=O) groups excluding carboxylic acids is 1. The SMILES string of the molecule is CC1CCCC(Nc2ccccc2)(C(N)=O)CC1. The number of primary amides is 1. The van der Waals surface area contributed by atoms with Gasteiger partial charge in [0.25, 0.3) is 0 Å². The summed E-state index contributed by atoms with van der Waals surface area (Å²) >= 11 is 0. The number of rotatable bonds is 3. The summed E-state index contributed by atoms with van der Waals surface area (Å²) in [5, 5.41) is 3.38. The highest BCUT2D eigenvalue weighted by molar-refractivity contribution is 5.88. The summed E-state index contributed by atoms with van der Waals surface area (Å²) in [5.74, 6) is 0.462. The first kappa shape index (κ1) is 12.9. The normalized spacial score (nSPS) is 28.4. The van der Waals surface area contributed by atoms with Crippen molar-refractivity contribution in [1.82, 2.24) is 0 Å². The monoisotopic (exact) mass is 246 g/mol. The Kier molecular flexibility index (Phi) is 3.90. The van der Waals surface area contributed by atoms with E-state index in [1.807, 2.05) is 30.3 Å². The van der Waals surface area contributed by atoms with Gasteiger partial charge in [-0.2, -0.15) is 0 Å². The molecule has 1 aromatic rings. The molecule has 1 fully saturated rings. The minimum absolute atomic E-state index is 0.222. The first-order valence-corrected chi connectivity index (χ1v) is 6.75. The van der Waals surface area contributed by atoms with Gasteiger partial charge < -0.3 is 11.1 Å². The van der Waals surface area contributed by atoms with Crippen LogP contribution in [0, 0.1) is 5.92 Å². The Hall–Kier alpha value is -1.51. The molecule has 0 bridgehead atoms. The van der Waals surface area contributed by atoms with Gasteiger partial charge in [-0.25, -0.2) is 0 Å². The number of hydrogen-bond acceptors (Lipinski definition) is 2. The average molecular weight is 246 g/mol. The molecule has 0 aromatic heterocycles. The van der Waals surface area contributed by atoms with Gasteiger partial charge in [0.1, 0.15) is 5.54 Å². The molecular weight excluding hydrogens is 224 g/mol. The Morgan fingerprint density at radius 1 is 1.28 bits per heavy atom. The van der Waals surface area contributed by atoms with E-state index in [0.29, 0.717) is 5.92 Å². The lowest BCUT2D eigenvalue weighted by Gasteiger charge is -2.31. The number of nitrogens with two attached hydrogens (primary N) is 1. The van der Waals surface area contributed by atoms with E-state index >= 15 is 0 Å². The smallest absolute Gasteiger partial charge is 0.243 e. The number of anilines is 1. The number of nitrogens with one attached hydrogen (secondary N) is 1. The fraction of sp³-hybridized carbons (Fsp3) is 0.533. The molecule has 3 nitrogen and oxygen atoms in total. The third-order valence-corrected chi connectivity index (χ3v) is 3.99. The standard InChI is InChI=1S/C15H22N2O/c1-12-6-5-10-15(11-9-12,14(16)18)17-13-7-3-2-4-8-13/h2-4,7-8,12,17H,5-6,9-11H2,1H3,(H2,16,18). The summed E-state index contributed by atoms with van der Waals surface area (Å²) in [6, 6.07) is 9.88. The Labute approximate surface area is 109 Å². The Bertz CT molecular complexity index is 404. The van der Waals surface area contributed by atoms with E-state index in [2.05, 4.69) is 12.2 Å². The van der Waals surface area contributed by atoms with Crippen LogP contribution in [-0.2, 0) is 4.79 Å². The molecule has 2 rings (SSSR count). The van der Waals surface area contributed by atoms with Crippen LogP contribution in [0.3, 0.4) is 0 Å². The topological polar surface area (TPSA) is 55.1 Å². The van der Waals surface area contributed by atoms with Crippen LogP contribution in [0.2, 0.25) is 0 Å². The van der Waals surface area contributed by atoms with Crippen LogP contribution < -0.4 is 11.1 Å². The molecule has 2 unspecified atom stereocenters. The van der Waals surface area contributed by atoms with Gasteiger partial charge in [0.15, 0.2) is 0 Å². The van der Waals surface area contributed by atoms with Crippen LogP contribution in [0.25, 0.3) is 0 Å². The number of hydrogen-bond donors (Lipinski definition) is 2. The minimum Gasteiger partial charge on any atom is -0.371 e. The zero-order chi connectivity index (χ0) is 13.0. The fourth-order valence-corrected chi connectivity index (χ4v) is 2.75. The van der Waals surface area contributed by atoms with Crippen LogP contribution in [0.15, 0.2) is 30.3 Å². The van der Waals surface area contributed by atoms with E-state index in [0.717, 1.165) is 31.4 Å². The van der Waals surface area contributed by atoms with Gasteiger partial charge in [0.2, 0.25) is 5.91 Å². The summed E-state index contributed by atoms with van der Waals surface area (Å²) in [6.45, 7) is 2.25. The number of benzene rings is 1. The number of para-hydroxylation sites is 1. The van der Waals surface area contributed by atoms with Crippen molar-refractivity contribution >= 4 is 11.6 Å². The number of carbonyl (C=O) groups is 1. The zero-order valence-corrected chi connectivity index (χ0v) is 11.0. The van der Waals surface area contributed by atoms with Gasteiger partial charge in [-0.1, -0.05) is 38.0 Å². The quantitative estimate of drug-likeness (QED) is 0.806. The molecule has 0 spiro atoms. The molecule has 0 aliphatic heterocycles. The second-order valence-electron chi connectivity index (χ2n) is 5.47. The molecule has 0 heterocycles. The van der Waals surface area contributed by atoms with Crippen molar-refractivity contribution in [1.29, 1.82) is 0 Å². The summed E-state index contributed by atoms with van der Waals surface area (Å²) in [5.41, 5.74) is 6.08. The molecule has 2 atom stereocenters. The molecule has 1 aromatic carbocycles. The molecule has 1 saturated carbocycles. The maximum absolute atomic E-state index is 11.9. The van der Waals surface area contributed by atoms with E-state index < -0.39 is 5.54 Å². The summed E-state index contributed by atoms with van der Waals surface area (Å²) in [6.07, 6.45) is 4.97. The van der Waals surface area contributed by atoms with Crippen molar-refractivity contribution in [2.75, 3.05) is 5.32 Å². The first-order valence-electron chi connectivity index (χ1n) is 6.75. The summed E-state index contributed by atoms with van der Waals surface area (Å²) < 4.78 is 0. The van der Waals surface area contributed by atoms with Gasteiger partial charge in [-0.3, -0.25) is 4.79 Å². The van der Waals surface area contributed by atoms with E-state index in [1.165, 1.54) is 6.42 Å². The molecule has 3 N–H and O–H groups in total. The second kappa shape index (κ2) is 5.42. The van der Waals surface area contributed by atoms with Gasteiger partial charge >= 0.3 is 0 Å². The van der Waals surface area contributed by atoms with Crippen molar-refractivity contribution in [3.8, 4) is 0 Å². The molecular formula is C15H22N2O. The predicted molar refractivity (Wildman–Crippen MR) is 74.2 cm³/mol. The maximum Gasteiger partial charge on any atom is 0.243 e. The molecule has 0 radical (unpaired) electrons. The van der Waals surface area contributed by atoms with Gasteiger partial charge in [-0.15, -0.1) is 0 Å².